The van der Waals surface area contributed by atoms with Gasteiger partial charge in [-0.2, -0.15) is 0 Å². The average molecular weight is 372 g/mol. The number of non-ortho nitro benzene ring substituents is 2. The van der Waals surface area contributed by atoms with Gasteiger partial charge in [0, 0.05) is 23.4 Å². The van der Waals surface area contributed by atoms with E-state index in [1.54, 1.807) is 0 Å². The molecule has 0 fully saturated rings. The maximum Gasteiger partial charge on any atom is 0.277 e. The largest absolute Gasteiger partial charge is 0.411 e. The van der Waals surface area contributed by atoms with Crippen LogP contribution in [0.4, 0.5) is 11.4 Å². The Morgan fingerprint density at radius 1 is 1.00 bits per heavy atom. The van der Waals surface area contributed by atoms with Crippen LogP contribution >= 0.6 is 11.8 Å². The number of benzene rings is 2. The molecule has 0 atom stereocenters. The Labute approximate surface area is 151 Å². The Kier molecular flexibility index (Phi) is 4.94. The minimum absolute atomic E-state index is 0.220. The van der Waals surface area contributed by atoms with E-state index in [4.69, 9.17) is 4.42 Å². The van der Waals surface area contributed by atoms with Crippen LogP contribution in [0.15, 0.2) is 52.1 Å². The quantitative estimate of drug-likeness (QED) is 0.359. The van der Waals surface area contributed by atoms with Gasteiger partial charge in [0.05, 0.1) is 15.9 Å². The lowest BCUT2D eigenvalue weighted by molar-refractivity contribution is -0.394. The first-order valence-corrected chi connectivity index (χ1v) is 8.37. The highest BCUT2D eigenvalue weighted by Gasteiger charge is 2.17. The number of hydrogen-bond acceptors (Lipinski definition) is 8. The van der Waals surface area contributed by atoms with E-state index >= 15 is 0 Å². The summed E-state index contributed by atoms with van der Waals surface area (Å²) in [6.07, 6.45) is 0. The molecule has 0 aliphatic rings. The molecule has 0 unspecified atom stereocenters. The summed E-state index contributed by atoms with van der Waals surface area (Å²) in [7, 11) is 0. The van der Waals surface area contributed by atoms with Crippen LogP contribution in [0.25, 0.3) is 11.5 Å². The van der Waals surface area contributed by atoms with Crippen molar-refractivity contribution in [2.24, 2.45) is 0 Å². The van der Waals surface area contributed by atoms with Crippen LogP contribution in [0.2, 0.25) is 0 Å². The Morgan fingerprint density at radius 2 is 1.62 bits per heavy atom. The van der Waals surface area contributed by atoms with Crippen LogP contribution < -0.4 is 0 Å². The standard InChI is InChI=1S/C16H12N4O5S/c1-10-2-4-12(5-3-10)15-17-18-16(25-15)26-9-11-6-13(19(21)22)8-14(7-11)20(23)24/h2-8H,9H2,1H3. The van der Waals surface area contributed by atoms with Crippen LogP contribution in [0.3, 0.4) is 0 Å². The zero-order valence-electron chi connectivity index (χ0n) is 13.5. The van der Waals surface area contributed by atoms with E-state index in [1.807, 2.05) is 31.2 Å². The Bertz CT molecular complexity index is 939. The molecule has 3 aromatic rings. The van der Waals surface area contributed by atoms with Crippen molar-refractivity contribution in [1.82, 2.24) is 10.2 Å². The highest BCUT2D eigenvalue weighted by molar-refractivity contribution is 7.98. The van der Waals surface area contributed by atoms with Gasteiger partial charge in [-0.25, -0.2) is 0 Å². The highest BCUT2D eigenvalue weighted by atomic mass is 32.2. The lowest BCUT2D eigenvalue weighted by Gasteiger charge is -2.00. The van der Waals surface area contributed by atoms with Gasteiger partial charge in [-0.15, -0.1) is 10.2 Å². The molecule has 0 aliphatic carbocycles. The number of aryl methyl sites for hydroxylation is 1. The van der Waals surface area contributed by atoms with E-state index in [-0.39, 0.29) is 22.4 Å². The van der Waals surface area contributed by atoms with E-state index in [0.717, 1.165) is 29.0 Å². The molecule has 1 aromatic heterocycles. The van der Waals surface area contributed by atoms with Gasteiger partial charge in [0.25, 0.3) is 16.6 Å². The minimum atomic E-state index is -0.663. The molecule has 0 saturated heterocycles. The second-order valence-electron chi connectivity index (χ2n) is 5.40. The molecule has 132 valence electrons. The van der Waals surface area contributed by atoms with Crippen LogP contribution in [-0.2, 0) is 5.75 Å². The third-order valence-electron chi connectivity index (χ3n) is 3.45. The normalized spacial score (nSPS) is 10.7. The van der Waals surface area contributed by atoms with Crippen molar-refractivity contribution in [2.75, 3.05) is 0 Å². The molecular weight excluding hydrogens is 360 g/mol. The SMILES string of the molecule is Cc1ccc(-c2nnc(SCc3cc([N+](=O)[O-])cc([N+](=O)[O-])c3)o2)cc1. The summed E-state index contributed by atoms with van der Waals surface area (Å²) in [5.41, 5.74) is 1.64. The maximum absolute atomic E-state index is 10.9. The van der Waals surface area contributed by atoms with E-state index in [0.29, 0.717) is 11.5 Å². The maximum atomic E-state index is 10.9. The van der Waals surface area contributed by atoms with Crippen LogP contribution in [-0.4, -0.2) is 20.0 Å². The van der Waals surface area contributed by atoms with Crippen molar-refractivity contribution < 1.29 is 14.3 Å². The molecule has 0 radical (unpaired) electrons. The van der Waals surface area contributed by atoms with E-state index in [9.17, 15) is 20.2 Å². The zero-order valence-corrected chi connectivity index (χ0v) is 14.3. The first-order valence-electron chi connectivity index (χ1n) is 7.38. The molecule has 0 aliphatic heterocycles. The molecule has 0 spiro atoms. The monoisotopic (exact) mass is 372 g/mol. The van der Waals surface area contributed by atoms with Gasteiger partial charge in [-0.3, -0.25) is 20.2 Å². The summed E-state index contributed by atoms with van der Waals surface area (Å²) in [6, 6.07) is 11.1. The molecule has 1 heterocycles. The molecule has 10 heteroatoms. The molecule has 9 nitrogen and oxygen atoms in total. The molecule has 2 aromatic carbocycles. The molecule has 0 saturated carbocycles. The molecular formula is C16H12N4O5S. The van der Waals surface area contributed by atoms with Gasteiger partial charge in [0.15, 0.2) is 0 Å². The van der Waals surface area contributed by atoms with Crippen molar-refractivity contribution >= 4 is 23.1 Å². The topological polar surface area (TPSA) is 125 Å². The lowest BCUT2D eigenvalue weighted by atomic mass is 10.1. The summed E-state index contributed by atoms with van der Waals surface area (Å²) in [4.78, 5) is 20.5. The molecule has 26 heavy (non-hydrogen) atoms. The van der Waals surface area contributed by atoms with Crippen molar-refractivity contribution in [3.05, 3.63) is 73.8 Å². The minimum Gasteiger partial charge on any atom is -0.411 e. The number of rotatable bonds is 6. The zero-order chi connectivity index (χ0) is 18.7. The smallest absolute Gasteiger partial charge is 0.277 e. The lowest BCUT2D eigenvalue weighted by Crippen LogP contribution is -1.95. The first-order chi connectivity index (χ1) is 12.4. The van der Waals surface area contributed by atoms with Crippen LogP contribution in [0, 0.1) is 27.2 Å². The molecule has 0 bridgehead atoms. The highest BCUT2D eigenvalue weighted by Crippen LogP contribution is 2.29. The average Bonchev–Trinajstić information content (AvgIpc) is 3.09. The number of aromatic nitrogens is 2. The number of thioether (sulfide) groups is 1. The van der Waals surface area contributed by atoms with E-state index < -0.39 is 9.85 Å². The van der Waals surface area contributed by atoms with Crippen molar-refractivity contribution in [1.29, 1.82) is 0 Å². The van der Waals surface area contributed by atoms with Gasteiger partial charge in [-0.1, -0.05) is 29.5 Å². The van der Waals surface area contributed by atoms with Crippen molar-refractivity contribution in [2.45, 2.75) is 17.9 Å². The van der Waals surface area contributed by atoms with Gasteiger partial charge in [-0.05, 0) is 24.6 Å². The number of nitro benzene ring substituents is 2. The summed E-state index contributed by atoms with van der Waals surface area (Å²) in [5.74, 6) is 0.579. The fourth-order valence-corrected chi connectivity index (χ4v) is 2.87. The van der Waals surface area contributed by atoms with Gasteiger partial charge in [0.1, 0.15) is 0 Å². The van der Waals surface area contributed by atoms with Crippen molar-refractivity contribution in [3.8, 4) is 11.5 Å². The van der Waals surface area contributed by atoms with Gasteiger partial charge >= 0.3 is 0 Å². The Morgan fingerprint density at radius 3 is 2.19 bits per heavy atom. The Balaban J connectivity index is 1.76. The number of nitro groups is 2. The van der Waals surface area contributed by atoms with Crippen molar-refractivity contribution in [3.63, 3.8) is 0 Å². The van der Waals surface area contributed by atoms with Gasteiger partial charge in [0.2, 0.25) is 5.89 Å². The Hall–Kier alpha value is -3.27. The third-order valence-corrected chi connectivity index (χ3v) is 4.34. The van der Waals surface area contributed by atoms with E-state index in [2.05, 4.69) is 10.2 Å². The third kappa shape index (κ3) is 4.03. The van der Waals surface area contributed by atoms with E-state index in [1.165, 1.54) is 12.1 Å². The van der Waals surface area contributed by atoms with Crippen LogP contribution in [0.5, 0.6) is 0 Å². The summed E-state index contributed by atoms with van der Waals surface area (Å²) in [5, 5.41) is 30.0. The molecule has 0 amide bonds. The van der Waals surface area contributed by atoms with Crippen LogP contribution in [0.1, 0.15) is 11.1 Å². The molecule has 3 rings (SSSR count). The number of nitrogens with zero attached hydrogens (tertiary/aromatic N) is 4. The molecule has 0 N–H and O–H groups in total. The predicted octanol–water partition coefficient (Wildman–Crippen LogP) is 4.15. The summed E-state index contributed by atoms with van der Waals surface area (Å²) in [6.45, 7) is 1.97. The second kappa shape index (κ2) is 7.31. The fourth-order valence-electron chi connectivity index (χ4n) is 2.18. The first kappa shape index (κ1) is 17.5. The predicted molar refractivity (Wildman–Crippen MR) is 93.8 cm³/mol. The fraction of sp³-hybridized carbons (Fsp3) is 0.125. The summed E-state index contributed by atoms with van der Waals surface area (Å²) < 4.78 is 5.56. The number of hydrogen-bond donors (Lipinski definition) is 0. The summed E-state index contributed by atoms with van der Waals surface area (Å²) >= 11 is 1.15. The second-order valence-corrected chi connectivity index (χ2v) is 6.33. The van der Waals surface area contributed by atoms with Gasteiger partial charge < -0.3 is 4.42 Å².